The number of pyridine rings is 1. The molecule has 0 aliphatic carbocycles. The van der Waals surface area contributed by atoms with Crippen LogP contribution >= 0.6 is 35.3 Å². The Labute approximate surface area is 621 Å². The van der Waals surface area contributed by atoms with E-state index in [2.05, 4.69) is 77.6 Å². The van der Waals surface area contributed by atoms with Gasteiger partial charge in [-0.2, -0.15) is 72.5 Å². The number of aliphatic carboxylic acids is 1. The smallest absolute Gasteiger partial charge is 0.303 e. The van der Waals surface area contributed by atoms with E-state index in [9.17, 15) is 95.2 Å². The minimum absolute atomic E-state index is 0.00968. The first kappa shape index (κ1) is 80.9. The van der Waals surface area contributed by atoms with Crippen LogP contribution in [0.25, 0.3) is 16.7 Å². The molecule has 0 spiro atoms. The molecule has 6 aromatic carbocycles. The van der Waals surface area contributed by atoms with Crippen molar-refractivity contribution in [3.63, 3.8) is 0 Å². The molecule has 0 saturated heterocycles. The number of imidazole rings is 1. The Morgan fingerprint density at radius 3 is 1.78 bits per heavy atom. The SMILES string of the molecule is Cc1cc(N=Nc2c(C)c(C#N)c3nc4ccccc4n3c2O)c(OCCCS(=O)(=O)O)cc1N=Nc1cc(Nc2nc(Nc3cccc(S(=O)(=O)O)c3)nc(SCCCC(=O)O)n2)c(N=Nc2cc(C)c(N=Nc3ccc([N+](=O)[O-])cc3S(=O)(=O)O)cc2SCCCS(=O)(=O)O)cc1SCCCS(=O)(=O)O. The first-order chi connectivity index (χ1) is 50.4. The molecule has 0 aliphatic rings. The maximum atomic E-state index is 12.4. The molecule has 46 heteroatoms. The summed E-state index contributed by atoms with van der Waals surface area (Å²) in [5, 5.41) is 84.3. The number of fused-ring (bicyclic) bond motifs is 3. The van der Waals surface area contributed by atoms with Crippen molar-refractivity contribution in [2.24, 2.45) is 40.9 Å². The summed E-state index contributed by atoms with van der Waals surface area (Å²) in [4.78, 5) is 39.2. The predicted molar refractivity (Wildman–Crippen MR) is 393 cm³/mol. The van der Waals surface area contributed by atoms with E-state index in [4.69, 9.17) is 4.74 Å². The largest absolute Gasteiger partial charge is 0.493 e. The monoisotopic (exact) mass is 1620 g/mol. The van der Waals surface area contributed by atoms with Crippen molar-refractivity contribution in [2.45, 2.75) is 77.6 Å². The average molecular weight is 1620 g/mol. The molecule has 0 saturated carbocycles. The number of anilines is 4. The molecular formula is C61H59N17O21S8. The third-order valence-corrected chi connectivity index (χ3v) is 21.9. The van der Waals surface area contributed by atoms with Crippen molar-refractivity contribution in [3.05, 3.63) is 135 Å². The van der Waals surface area contributed by atoms with Crippen LogP contribution in [0.4, 0.5) is 74.5 Å². The Balaban J connectivity index is 1.22. The van der Waals surface area contributed by atoms with Crippen molar-refractivity contribution in [1.29, 1.82) is 5.26 Å². The number of carboxylic acids is 1. The zero-order valence-electron chi connectivity index (χ0n) is 55.6. The summed E-state index contributed by atoms with van der Waals surface area (Å²) in [5.74, 6) is -4.08. The third kappa shape index (κ3) is 22.7. The van der Waals surface area contributed by atoms with Crippen LogP contribution in [0.2, 0.25) is 0 Å². The summed E-state index contributed by atoms with van der Waals surface area (Å²) in [6.07, 6.45) is -0.603. The molecule has 9 N–H and O–H groups in total. The van der Waals surface area contributed by atoms with Crippen LogP contribution < -0.4 is 15.4 Å². The Morgan fingerprint density at radius 1 is 0.598 bits per heavy atom. The molecule has 0 atom stereocenters. The van der Waals surface area contributed by atoms with Gasteiger partial charge in [0.1, 0.15) is 45.0 Å². The van der Waals surface area contributed by atoms with Gasteiger partial charge < -0.3 is 25.6 Å². The highest BCUT2D eigenvalue weighted by molar-refractivity contribution is 8.00. The highest BCUT2D eigenvalue weighted by Gasteiger charge is 2.25. The number of benzene rings is 6. The van der Waals surface area contributed by atoms with Gasteiger partial charge >= 0.3 is 5.97 Å². The number of carbonyl (C=O) groups is 1. The van der Waals surface area contributed by atoms with E-state index in [-0.39, 0.29) is 162 Å². The lowest BCUT2D eigenvalue weighted by atomic mass is 10.1. The van der Waals surface area contributed by atoms with Crippen LogP contribution in [0.1, 0.15) is 54.4 Å². The quantitative estimate of drug-likeness (QED) is 0.00445. The number of hydrogen-bond donors (Lipinski definition) is 9. The molecule has 0 bridgehead atoms. The molecule has 0 unspecified atom stereocenters. The number of nitro groups is 1. The lowest BCUT2D eigenvalue weighted by Gasteiger charge is -2.14. The fourth-order valence-electron chi connectivity index (χ4n) is 9.59. The van der Waals surface area contributed by atoms with E-state index in [1.165, 1.54) is 66.8 Å². The number of rotatable bonds is 35. The second kappa shape index (κ2) is 34.6. The number of nitrogens with zero attached hydrogens (tertiary/aromatic N) is 15. The number of non-ortho nitro benzene ring substituents is 1. The Hall–Kier alpha value is -10.2. The van der Waals surface area contributed by atoms with Gasteiger partial charge in [0, 0.05) is 51.4 Å². The summed E-state index contributed by atoms with van der Waals surface area (Å²) in [5.41, 5.74) is 0.609. The number of azo groups is 4. The van der Waals surface area contributed by atoms with Crippen LogP contribution in [0.3, 0.4) is 0 Å². The number of nitriles is 1. The molecule has 0 aliphatic heterocycles. The summed E-state index contributed by atoms with van der Waals surface area (Å²) < 4.78 is 177. The van der Waals surface area contributed by atoms with E-state index in [0.717, 1.165) is 59.6 Å². The zero-order chi connectivity index (χ0) is 77.8. The molecule has 107 heavy (non-hydrogen) atoms. The number of para-hydroxylation sites is 2. The molecule has 3 aromatic heterocycles. The number of ether oxygens (including phenoxy) is 1. The van der Waals surface area contributed by atoms with Crippen LogP contribution in [-0.4, -0.2) is 151 Å². The number of aryl methyl sites for hydroxylation is 2. The molecule has 38 nitrogen and oxygen atoms in total. The number of aromatic hydroxyl groups is 1. The van der Waals surface area contributed by atoms with E-state index in [1.54, 1.807) is 31.2 Å². The summed E-state index contributed by atoms with van der Waals surface area (Å²) in [6, 6.07) is 24.7. The molecule has 562 valence electrons. The summed E-state index contributed by atoms with van der Waals surface area (Å²) in [6.45, 7) is 4.31. The van der Waals surface area contributed by atoms with E-state index in [0.29, 0.717) is 22.7 Å². The van der Waals surface area contributed by atoms with E-state index >= 15 is 0 Å². The van der Waals surface area contributed by atoms with Crippen molar-refractivity contribution < 1.29 is 89.5 Å². The number of carboxylic acid groups (broad SMARTS) is 1. The Kier molecular flexibility index (Phi) is 26.2. The molecule has 9 rings (SSSR count). The topological polar surface area (TPSA) is 584 Å². The lowest BCUT2D eigenvalue weighted by Crippen LogP contribution is -2.08. The fraction of sp³-hybridized carbons (Fsp3) is 0.246. The maximum Gasteiger partial charge on any atom is 0.303 e. The average Bonchev–Trinajstić information content (AvgIpc) is 1.61. The van der Waals surface area contributed by atoms with Gasteiger partial charge in [-0.1, -0.05) is 30.0 Å². The second-order valence-corrected chi connectivity index (χ2v) is 33.5. The maximum absolute atomic E-state index is 12.4. The summed E-state index contributed by atoms with van der Waals surface area (Å²) >= 11 is 2.98. The first-order valence-electron chi connectivity index (χ1n) is 30.8. The number of hydrogen-bond acceptors (Lipinski definition) is 33. The number of nitrogens with one attached hydrogen (secondary N) is 2. The first-order valence-corrected chi connectivity index (χ1v) is 41.5. The number of thioether (sulfide) groups is 3. The van der Waals surface area contributed by atoms with Gasteiger partial charge in [0.05, 0.1) is 67.5 Å². The van der Waals surface area contributed by atoms with Crippen molar-refractivity contribution in [1.82, 2.24) is 24.3 Å². The third-order valence-electron chi connectivity index (χ3n) is 14.6. The van der Waals surface area contributed by atoms with E-state index in [1.807, 2.05) is 0 Å². The zero-order valence-corrected chi connectivity index (χ0v) is 62.2. The van der Waals surface area contributed by atoms with Crippen LogP contribution in [0.5, 0.6) is 11.6 Å². The second-order valence-electron chi connectivity index (χ2n) is 22.6. The number of aromatic nitrogens is 5. The molecule has 0 radical (unpaired) electrons. The van der Waals surface area contributed by atoms with Gasteiger partial charge in [0.2, 0.25) is 17.8 Å². The van der Waals surface area contributed by atoms with E-state index < -0.39 is 106 Å². The molecule has 9 aromatic rings. The predicted octanol–water partition coefficient (Wildman–Crippen LogP) is 14.1. The van der Waals surface area contributed by atoms with Gasteiger partial charge in [-0.05, 0) is 136 Å². The Morgan fingerprint density at radius 2 is 1.16 bits per heavy atom. The van der Waals surface area contributed by atoms with Gasteiger partial charge in [0.25, 0.3) is 56.3 Å². The van der Waals surface area contributed by atoms with Crippen LogP contribution in [0.15, 0.2) is 169 Å². The highest BCUT2D eigenvalue weighted by atomic mass is 32.2. The van der Waals surface area contributed by atoms with Gasteiger partial charge in [0.15, 0.2) is 16.5 Å². The Bertz CT molecular complexity index is 5770. The fourth-order valence-corrected chi connectivity index (χ4v) is 15.3. The van der Waals surface area contributed by atoms with Crippen molar-refractivity contribution in [3.8, 4) is 17.7 Å². The minimum atomic E-state index is -5.12. The van der Waals surface area contributed by atoms with Crippen molar-refractivity contribution >= 4 is 183 Å². The van der Waals surface area contributed by atoms with Gasteiger partial charge in [-0.25, -0.2) is 4.98 Å². The standard InChI is InChI=1S/C61H59N17O21S8/c1-34-25-47(73-76-56-36(3)40(33-62)57-64-41-13-4-5-14-50(41)77(57)58(56)81)51(99-18-8-22-103(84,85)86)30-43(34)70-75-49-29-45(65-60-66-59(67-61(68-60)102-19-7-15-55(79)80)63-37-11-6-12-39(27-37)106(93,94)95)46(32-53(49)101-21-10-24-105(90,91)92)72-74-48-26-35(2)44(31-52(48)100-20-9-23-104(87,88)89)71-69-42-17-16-38(78(82)83)28-54(42)107(96,97)98/h4-6,11-14,16-17,25-32,81H,7-10,15,18-24H2,1-3H3,(H,79,80)(H,84,85,86)(H,87,88,89)(H,90,91,92)(H,93,94,95)(H,96,97,98)(H2,63,65,66,67,68). The van der Waals surface area contributed by atoms with Crippen LogP contribution in [-0.2, 0) is 55.4 Å². The molecule has 0 fully saturated rings. The highest BCUT2D eigenvalue weighted by Crippen LogP contribution is 2.46. The normalized spacial score (nSPS) is 12.5. The van der Waals surface area contributed by atoms with Gasteiger partial charge in [-0.3, -0.25) is 42.1 Å². The molecule has 3 heterocycles. The van der Waals surface area contributed by atoms with Crippen LogP contribution in [0, 0.1) is 42.2 Å². The summed E-state index contributed by atoms with van der Waals surface area (Å²) in [7, 11) is -23.3. The number of nitro benzene ring substituents is 1. The molecule has 0 amide bonds. The minimum Gasteiger partial charge on any atom is -0.493 e. The lowest BCUT2D eigenvalue weighted by molar-refractivity contribution is -0.385. The van der Waals surface area contributed by atoms with Crippen molar-refractivity contribution in [2.75, 3.05) is 51.8 Å². The van der Waals surface area contributed by atoms with Gasteiger partial charge in [-0.15, -0.1) is 54.2 Å². The molecular weight excluding hydrogens is 1560 g/mol.